The minimum absolute atomic E-state index is 0.0204. The molecule has 0 aliphatic carbocycles. The third kappa shape index (κ3) is 19.5. The second-order valence-corrected chi connectivity index (χ2v) is 23.1. The van der Waals surface area contributed by atoms with E-state index in [-0.39, 0.29) is 77.0 Å². The number of hydrogen-bond donors (Lipinski definition) is 16. The number of hydrogen-bond acceptors (Lipinski definition) is 16. The molecule has 5 aromatic carbocycles. The summed E-state index contributed by atoms with van der Waals surface area (Å²) in [7, 11) is 0. The Bertz CT molecular complexity index is 3240. The first-order chi connectivity index (χ1) is 42.6. The van der Waals surface area contributed by atoms with Crippen LogP contribution in [0.5, 0.6) is 0 Å². The average Bonchev–Trinajstić information content (AvgIpc) is 0.780. The first-order valence-electron chi connectivity index (χ1n) is 30.4. The molecule has 1 aliphatic heterocycles. The highest BCUT2D eigenvalue weighted by molar-refractivity contribution is 6.23. The van der Waals surface area contributed by atoms with Crippen LogP contribution in [-0.2, 0) is 60.8 Å². The summed E-state index contributed by atoms with van der Waals surface area (Å²) in [5.74, 6) is -8.94. The summed E-state index contributed by atoms with van der Waals surface area (Å²) in [4.78, 5) is 141. The maximum Gasteiger partial charge on any atom is 0.245 e. The molecule has 1 saturated heterocycles. The van der Waals surface area contributed by atoms with Crippen molar-refractivity contribution in [1.82, 2.24) is 53.2 Å². The number of carbonyl (C=O) groups excluding carboxylic acids is 10. The molecule has 0 radical (unpaired) electrons. The fourth-order valence-corrected chi connectivity index (χ4v) is 10.9. The van der Waals surface area contributed by atoms with Gasteiger partial charge < -0.3 is 86.3 Å². The average molecular weight is 1230 g/mol. The van der Waals surface area contributed by atoms with E-state index in [1.807, 2.05) is 12.1 Å². The van der Waals surface area contributed by atoms with E-state index in [0.29, 0.717) is 18.4 Å². The van der Waals surface area contributed by atoms with Crippen molar-refractivity contribution in [3.05, 3.63) is 96.1 Å². The predicted molar refractivity (Wildman–Crippen MR) is 336 cm³/mol. The van der Waals surface area contributed by atoms with Gasteiger partial charge in [-0.1, -0.05) is 98.8 Å². The summed E-state index contributed by atoms with van der Waals surface area (Å²) in [6.45, 7) is 5.05. The van der Waals surface area contributed by atoms with Crippen molar-refractivity contribution in [2.45, 2.75) is 158 Å². The van der Waals surface area contributed by atoms with E-state index in [2.05, 4.69) is 95.6 Å². The second kappa shape index (κ2) is 33.8. The van der Waals surface area contributed by atoms with Crippen LogP contribution in [0.15, 0.2) is 84.9 Å². The summed E-state index contributed by atoms with van der Waals surface area (Å²) >= 11 is 0. The normalized spacial score (nSPS) is 21.9. The summed E-state index contributed by atoms with van der Waals surface area (Å²) < 4.78 is 0. The molecule has 0 saturated carbocycles. The number of carbonyl (C=O) groups is 10. The number of amides is 10. The van der Waals surface area contributed by atoms with Gasteiger partial charge in [-0.15, -0.1) is 0 Å². The lowest BCUT2D eigenvalue weighted by Gasteiger charge is -2.28. The van der Waals surface area contributed by atoms with Gasteiger partial charge in [-0.2, -0.15) is 0 Å². The molecule has 1 heterocycles. The van der Waals surface area contributed by atoms with Gasteiger partial charge in [0.1, 0.15) is 54.4 Å². The Labute approximate surface area is 517 Å². The number of aryl methyl sites for hydroxylation is 1. The number of aliphatic hydroxyl groups is 2. The van der Waals surface area contributed by atoms with E-state index < -0.39 is 139 Å². The van der Waals surface area contributed by atoms with Gasteiger partial charge in [0.15, 0.2) is 0 Å². The van der Waals surface area contributed by atoms with Crippen LogP contribution in [0, 0.1) is 5.92 Å². The number of nitrogens with two attached hydrogens (primary N) is 4. The van der Waals surface area contributed by atoms with E-state index in [1.165, 1.54) is 13.8 Å². The Morgan fingerprint density at radius 1 is 0.562 bits per heavy atom. The van der Waals surface area contributed by atoms with E-state index in [1.54, 1.807) is 44.2 Å². The molecule has 10 amide bonds. The Balaban J connectivity index is 1.24. The molecule has 1 fully saturated rings. The minimum Gasteiger partial charge on any atom is -0.391 e. The van der Waals surface area contributed by atoms with Crippen molar-refractivity contribution in [3.8, 4) is 0 Å². The number of benzene rings is 5. The molecule has 0 aromatic heterocycles. The Hall–Kier alpha value is -8.40. The fourth-order valence-electron chi connectivity index (χ4n) is 10.9. The van der Waals surface area contributed by atoms with Gasteiger partial charge in [0, 0.05) is 19.4 Å². The zero-order valence-electron chi connectivity index (χ0n) is 50.9. The predicted octanol–water partition coefficient (Wildman–Crippen LogP) is -1.76. The molecule has 0 spiro atoms. The maximum atomic E-state index is 14.6. The largest absolute Gasteiger partial charge is 0.391 e. The standard InChI is InChI=1S/C63H88N14O12/c1-34(2)32-48-60(86)71-43(22-27-64)55(81)70-46(25-30-67)59(85)77-53(35(3)78)62(88)68-31-26-47(58(84)69-44(23-28-65)57(83)75-49(61(87)74-48)33-37-10-6-5-7-11-37)72-56(82)45(24-29-66)73-63(89)54(36(4)79)76-50(80)15-9-12-38-16-17-41-19-18-39-13-8-14-40-20-21-42(38)52(41)51(39)40/h5-8,10-11,13-14,16-21,34-36,43-49,53-54,78-79H,9,12,15,22-33,64-67H2,1-4H3,(H,68,88)(H,69,84)(H,70,81)(H,71,86)(H,72,82)(H,73,89)(H,74,87)(H,75,83)(H,76,80)(H,77,85)/t35-,36-,43?,44+,45+,46+,47?,48?,49?,53+,54+/m1/s1. The summed E-state index contributed by atoms with van der Waals surface area (Å²) in [5.41, 5.74) is 25.3. The van der Waals surface area contributed by atoms with Gasteiger partial charge in [-0.05, 0) is 141 Å². The van der Waals surface area contributed by atoms with E-state index in [9.17, 15) is 58.2 Å². The molecule has 26 heteroatoms. The summed E-state index contributed by atoms with van der Waals surface area (Å²) in [6, 6.07) is 13.9. The van der Waals surface area contributed by atoms with Gasteiger partial charge in [0.05, 0.1) is 12.2 Å². The third-order valence-corrected chi connectivity index (χ3v) is 15.6. The molecule has 482 valence electrons. The highest BCUT2D eigenvalue weighted by Crippen LogP contribution is 2.36. The monoisotopic (exact) mass is 1230 g/mol. The summed E-state index contributed by atoms with van der Waals surface area (Å²) in [5, 5.41) is 54.2. The van der Waals surface area contributed by atoms with Crippen LogP contribution in [-0.4, -0.2) is 169 Å². The van der Waals surface area contributed by atoms with Crippen LogP contribution in [0.3, 0.4) is 0 Å². The lowest BCUT2D eigenvalue weighted by Crippen LogP contribution is -2.61. The molecule has 4 unspecified atom stereocenters. The van der Waals surface area contributed by atoms with Gasteiger partial charge in [-0.3, -0.25) is 47.9 Å². The molecule has 1 aliphatic rings. The highest BCUT2D eigenvalue weighted by atomic mass is 16.3. The topological polar surface area (TPSA) is 436 Å². The molecular formula is C63H88N14O12. The summed E-state index contributed by atoms with van der Waals surface area (Å²) in [6.07, 6.45) is -3.31. The van der Waals surface area contributed by atoms with Gasteiger partial charge in [-0.25, -0.2) is 0 Å². The quantitative estimate of drug-likeness (QED) is 0.0322. The van der Waals surface area contributed by atoms with Crippen LogP contribution in [0.2, 0.25) is 0 Å². The Morgan fingerprint density at radius 2 is 1.09 bits per heavy atom. The number of rotatable bonds is 23. The van der Waals surface area contributed by atoms with Gasteiger partial charge in [0.25, 0.3) is 0 Å². The van der Waals surface area contributed by atoms with Crippen LogP contribution >= 0.6 is 0 Å². The number of aliphatic hydroxyl groups excluding tert-OH is 2. The first-order valence-corrected chi connectivity index (χ1v) is 30.4. The fraction of sp³-hybridized carbons (Fsp3) is 0.492. The molecule has 5 aromatic rings. The molecule has 6 rings (SSSR count). The Kier molecular flexibility index (Phi) is 26.5. The van der Waals surface area contributed by atoms with Crippen LogP contribution in [0.1, 0.15) is 90.2 Å². The van der Waals surface area contributed by atoms with Crippen molar-refractivity contribution in [2.75, 3.05) is 32.7 Å². The molecule has 0 bridgehead atoms. The number of nitrogens with one attached hydrogen (secondary N) is 10. The first kappa shape index (κ1) is 69.7. The van der Waals surface area contributed by atoms with Crippen molar-refractivity contribution in [1.29, 1.82) is 0 Å². The lowest BCUT2D eigenvalue weighted by molar-refractivity contribution is -0.136. The van der Waals surface area contributed by atoms with Crippen molar-refractivity contribution in [2.24, 2.45) is 28.9 Å². The smallest absolute Gasteiger partial charge is 0.245 e. The maximum absolute atomic E-state index is 14.6. The molecule has 11 atom stereocenters. The third-order valence-electron chi connectivity index (χ3n) is 15.6. The van der Waals surface area contributed by atoms with Crippen LogP contribution in [0.4, 0.5) is 0 Å². The molecule has 26 nitrogen and oxygen atoms in total. The molecular weight excluding hydrogens is 1140 g/mol. The van der Waals surface area contributed by atoms with E-state index in [4.69, 9.17) is 22.9 Å². The van der Waals surface area contributed by atoms with Gasteiger partial charge in [0.2, 0.25) is 59.1 Å². The zero-order valence-corrected chi connectivity index (χ0v) is 50.9. The van der Waals surface area contributed by atoms with Crippen molar-refractivity contribution < 1.29 is 58.2 Å². The lowest BCUT2D eigenvalue weighted by atomic mass is 9.90. The SMILES string of the molecule is CC(C)CC1NC(=O)C(Cc2ccccc2)NC(=O)[C@H](CCN)NC(=O)C(NC(=O)[C@H](CCN)NC(=O)[C@@H](NC(=O)CCCc2ccc3ccc4cccc5ccc2c3c45)[C@@H](C)O)CCNC(=O)[C@H]([C@@H](C)O)NC(=O)[C@H](CCN)NC(=O)C(CCN)NC1=O. The second-order valence-electron chi connectivity index (χ2n) is 23.1. The highest BCUT2D eigenvalue weighted by Gasteiger charge is 2.37. The van der Waals surface area contributed by atoms with Crippen molar-refractivity contribution >= 4 is 91.4 Å². The zero-order chi connectivity index (χ0) is 64.9. The molecule has 20 N–H and O–H groups in total. The van der Waals surface area contributed by atoms with Crippen LogP contribution in [0.25, 0.3) is 32.3 Å². The van der Waals surface area contributed by atoms with Crippen molar-refractivity contribution in [3.63, 3.8) is 0 Å². The van der Waals surface area contributed by atoms with Gasteiger partial charge >= 0.3 is 0 Å². The van der Waals surface area contributed by atoms with E-state index in [0.717, 1.165) is 37.9 Å². The molecule has 89 heavy (non-hydrogen) atoms. The van der Waals surface area contributed by atoms with E-state index >= 15 is 0 Å². The Morgan fingerprint density at radius 3 is 1.66 bits per heavy atom. The van der Waals surface area contributed by atoms with Crippen LogP contribution < -0.4 is 76.1 Å². The minimum atomic E-state index is -1.67.